The number of aryl methyl sites for hydroxylation is 1. The molecule has 0 bridgehead atoms. The highest BCUT2D eigenvalue weighted by Gasteiger charge is 2.17. The molecule has 0 spiro atoms. The second-order valence-electron chi connectivity index (χ2n) is 4.47. The Bertz CT molecular complexity index is 576. The summed E-state index contributed by atoms with van der Waals surface area (Å²) in [5.74, 6) is 0.301. The molecule has 0 aliphatic heterocycles. The third-order valence-corrected chi connectivity index (χ3v) is 3.10. The van der Waals surface area contributed by atoms with Gasteiger partial charge in [-0.1, -0.05) is 54.6 Å². The Morgan fingerprint density at radius 3 is 2.35 bits per heavy atom. The van der Waals surface area contributed by atoms with Crippen molar-refractivity contribution in [3.63, 3.8) is 0 Å². The summed E-state index contributed by atoms with van der Waals surface area (Å²) in [6, 6.07) is 17.4. The van der Waals surface area contributed by atoms with Crippen molar-refractivity contribution in [1.82, 2.24) is 0 Å². The predicted molar refractivity (Wildman–Crippen MR) is 76.4 cm³/mol. The Morgan fingerprint density at radius 2 is 1.65 bits per heavy atom. The summed E-state index contributed by atoms with van der Waals surface area (Å²) < 4.78 is 4.54. The zero-order valence-corrected chi connectivity index (χ0v) is 11.1. The van der Waals surface area contributed by atoms with Crippen LogP contribution in [-0.2, 0) is 22.6 Å². The van der Waals surface area contributed by atoms with E-state index < -0.39 is 0 Å². The summed E-state index contributed by atoms with van der Waals surface area (Å²) >= 11 is 0. The fraction of sp³-hybridized carbons (Fsp3) is 0.176. The lowest BCUT2D eigenvalue weighted by molar-refractivity contribution is -0.129. The molecule has 3 nitrogen and oxygen atoms in total. The highest BCUT2D eigenvalue weighted by molar-refractivity contribution is 6.00. The first-order valence-corrected chi connectivity index (χ1v) is 6.51. The molecule has 1 aliphatic rings. The van der Waals surface area contributed by atoms with Crippen LogP contribution >= 0.6 is 0 Å². The molecule has 0 fully saturated rings. The molecule has 0 N–H and O–H groups in total. The topological polar surface area (TPSA) is 43.4 Å². The normalized spacial score (nSPS) is 12.1. The van der Waals surface area contributed by atoms with Gasteiger partial charge >= 0.3 is 0 Å². The van der Waals surface area contributed by atoms with Gasteiger partial charge in [0.1, 0.15) is 6.61 Å². The Balaban J connectivity index is 0.000000147. The van der Waals surface area contributed by atoms with Crippen molar-refractivity contribution in [3.05, 3.63) is 71.3 Å². The average molecular weight is 268 g/mol. The first-order chi connectivity index (χ1) is 9.81. The highest BCUT2D eigenvalue weighted by Crippen LogP contribution is 2.20. The molecule has 3 heteroatoms. The van der Waals surface area contributed by atoms with Crippen LogP contribution in [-0.4, -0.2) is 12.3 Å². The lowest BCUT2D eigenvalue weighted by Crippen LogP contribution is -1.88. The minimum atomic E-state index is 0.301. The summed E-state index contributed by atoms with van der Waals surface area (Å²) in [4.78, 5) is 20.8. The van der Waals surface area contributed by atoms with Crippen LogP contribution < -0.4 is 0 Å². The van der Waals surface area contributed by atoms with Gasteiger partial charge in [0.15, 0.2) is 5.78 Å². The highest BCUT2D eigenvalue weighted by atomic mass is 16.5. The van der Waals surface area contributed by atoms with E-state index in [-0.39, 0.29) is 0 Å². The molecule has 0 saturated heterocycles. The van der Waals surface area contributed by atoms with Crippen molar-refractivity contribution in [2.45, 2.75) is 19.4 Å². The number of benzene rings is 2. The molecule has 0 unspecified atom stereocenters. The molecule has 20 heavy (non-hydrogen) atoms. The maximum atomic E-state index is 11.1. The number of ether oxygens (including phenoxy) is 1. The minimum Gasteiger partial charge on any atom is -0.463 e. The van der Waals surface area contributed by atoms with Gasteiger partial charge < -0.3 is 4.74 Å². The fourth-order valence-electron chi connectivity index (χ4n) is 2.10. The zero-order valence-electron chi connectivity index (χ0n) is 11.1. The van der Waals surface area contributed by atoms with Crippen molar-refractivity contribution < 1.29 is 14.3 Å². The quantitative estimate of drug-likeness (QED) is 0.803. The molecule has 1 aliphatic carbocycles. The van der Waals surface area contributed by atoms with E-state index in [0.717, 1.165) is 17.5 Å². The molecule has 0 aromatic heterocycles. The number of Topliss-reactive ketones (excluding diaryl/α,β-unsaturated/α-hetero) is 1. The lowest BCUT2D eigenvalue weighted by atomic mass is 10.1. The van der Waals surface area contributed by atoms with E-state index in [2.05, 4.69) is 4.74 Å². The second-order valence-corrected chi connectivity index (χ2v) is 4.47. The molecule has 0 amide bonds. The van der Waals surface area contributed by atoms with Crippen LogP contribution in [0.4, 0.5) is 0 Å². The van der Waals surface area contributed by atoms with Crippen LogP contribution in [0.15, 0.2) is 54.6 Å². The minimum absolute atomic E-state index is 0.301. The van der Waals surface area contributed by atoms with E-state index >= 15 is 0 Å². The van der Waals surface area contributed by atoms with Gasteiger partial charge in [0, 0.05) is 12.0 Å². The van der Waals surface area contributed by atoms with E-state index in [4.69, 9.17) is 0 Å². The Morgan fingerprint density at radius 1 is 0.950 bits per heavy atom. The molecular formula is C17H16O3. The zero-order chi connectivity index (χ0) is 14.2. The Hall–Kier alpha value is -2.42. The maximum absolute atomic E-state index is 11.1. The van der Waals surface area contributed by atoms with E-state index in [0.29, 0.717) is 25.3 Å². The van der Waals surface area contributed by atoms with Crippen molar-refractivity contribution in [2.24, 2.45) is 0 Å². The van der Waals surface area contributed by atoms with Crippen molar-refractivity contribution in [2.75, 3.05) is 0 Å². The monoisotopic (exact) mass is 268 g/mol. The number of hydrogen-bond donors (Lipinski definition) is 0. The summed E-state index contributed by atoms with van der Waals surface area (Å²) in [5, 5.41) is 0. The van der Waals surface area contributed by atoms with Crippen molar-refractivity contribution in [3.8, 4) is 0 Å². The summed E-state index contributed by atoms with van der Waals surface area (Å²) in [6.07, 6.45) is 1.65. The molecule has 0 saturated carbocycles. The standard InChI is InChI=1S/C9H8O.C8H8O2/c10-9-6-5-7-3-1-2-4-8(7)9;9-7-10-6-8-4-2-1-3-5-8/h1-4H,5-6H2;1-5,7H,6H2. The molecular weight excluding hydrogens is 252 g/mol. The Kier molecular flexibility index (Phi) is 5.07. The van der Waals surface area contributed by atoms with Gasteiger partial charge in [-0.2, -0.15) is 0 Å². The maximum Gasteiger partial charge on any atom is 0.293 e. The van der Waals surface area contributed by atoms with Crippen molar-refractivity contribution >= 4 is 12.3 Å². The van der Waals surface area contributed by atoms with Crippen LogP contribution in [0.3, 0.4) is 0 Å². The van der Waals surface area contributed by atoms with Crippen LogP contribution in [0.1, 0.15) is 27.9 Å². The van der Waals surface area contributed by atoms with Gasteiger partial charge in [0.05, 0.1) is 0 Å². The van der Waals surface area contributed by atoms with Gasteiger partial charge in [-0.05, 0) is 17.5 Å². The van der Waals surface area contributed by atoms with E-state index in [1.54, 1.807) is 0 Å². The predicted octanol–water partition coefficient (Wildman–Crippen LogP) is 3.18. The fourth-order valence-corrected chi connectivity index (χ4v) is 2.10. The van der Waals surface area contributed by atoms with Gasteiger partial charge in [-0.15, -0.1) is 0 Å². The smallest absolute Gasteiger partial charge is 0.293 e. The number of carbonyl (C=O) groups excluding carboxylic acids is 2. The Labute approximate surface area is 118 Å². The lowest BCUT2D eigenvalue weighted by Gasteiger charge is -1.95. The van der Waals surface area contributed by atoms with Crippen molar-refractivity contribution in [1.29, 1.82) is 0 Å². The first-order valence-electron chi connectivity index (χ1n) is 6.51. The first kappa shape index (κ1) is 14.0. The second kappa shape index (κ2) is 7.24. The number of fused-ring (bicyclic) bond motifs is 1. The molecule has 2 aromatic carbocycles. The van der Waals surface area contributed by atoms with Gasteiger partial charge in [0.2, 0.25) is 0 Å². The average Bonchev–Trinajstić information content (AvgIpc) is 2.89. The number of carbonyl (C=O) groups is 2. The van der Waals surface area contributed by atoms with Gasteiger partial charge in [-0.25, -0.2) is 0 Å². The van der Waals surface area contributed by atoms with Crippen LogP contribution in [0.2, 0.25) is 0 Å². The third-order valence-electron chi connectivity index (χ3n) is 3.10. The molecule has 0 atom stereocenters. The van der Waals surface area contributed by atoms with Crippen LogP contribution in [0.25, 0.3) is 0 Å². The summed E-state index contributed by atoms with van der Waals surface area (Å²) in [7, 11) is 0. The summed E-state index contributed by atoms with van der Waals surface area (Å²) in [6.45, 7) is 0.817. The van der Waals surface area contributed by atoms with Gasteiger partial charge in [0.25, 0.3) is 6.47 Å². The molecule has 0 radical (unpaired) electrons. The van der Waals surface area contributed by atoms with E-state index in [1.165, 1.54) is 5.56 Å². The molecule has 2 aromatic rings. The summed E-state index contributed by atoms with van der Waals surface area (Å²) in [5.41, 5.74) is 3.16. The van der Waals surface area contributed by atoms with E-state index in [9.17, 15) is 9.59 Å². The molecule has 3 rings (SSSR count). The third kappa shape index (κ3) is 3.79. The van der Waals surface area contributed by atoms with E-state index in [1.807, 2.05) is 54.6 Å². The van der Waals surface area contributed by atoms with Gasteiger partial charge in [-0.3, -0.25) is 9.59 Å². The number of ketones is 1. The SMILES string of the molecule is O=C1CCc2ccccc21.O=COCc1ccccc1. The number of hydrogen-bond acceptors (Lipinski definition) is 3. The molecule has 0 heterocycles. The molecule has 102 valence electrons. The number of rotatable bonds is 3. The van der Waals surface area contributed by atoms with Crippen LogP contribution in [0, 0.1) is 0 Å². The largest absolute Gasteiger partial charge is 0.463 e. The van der Waals surface area contributed by atoms with Crippen LogP contribution in [0.5, 0.6) is 0 Å².